The van der Waals surface area contributed by atoms with Crippen molar-refractivity contribution in [3.8, 4) is 0 Å². The van der Waals surface area contributed by atoms with Crippen molar-refractivity contribution in [1.29, 1.82) is 0 Å². The van der Waals surface area contributed by atoms with Crippen molar-refractivity contribution >= 4 is 24.1 Å². The van der Waals surface area contributed by atoms with Crippen molar-refractivity contribution in [2.24, 2.45) is 11.3 Å². The van der Waals surface area contributed by atoms with Crippen LogP contribution in [0.5, 0.6) is 0 Å². The van der Waals surface area contributed by atoms with Gasteiger partial charge in [-0.3, -0.25) is 24.2 Å². The van der Waals surface area contributed by atoms with E-state index in [9.17, 15) is 19.5 Å². The van der Waals surface area contributed by atoms with Crippen molar-refractivity contribution in [2.75, 3.05) is 32.8 Å². The number of rotatable bonds is 4. The highest BCUT2D eigenvalue weighted by Gasteiger charge is 2.54. The summed E-state index contributed by atoms with van der Waals surface area (Å²) in [5.41, 5.74) is 1.99. The number of carbonyl (C=O) groups is 4. The van der Waals surface area contributed by atoms with Crippen LogP contribution in [0.2, 0.25) is 0 Å². The topological polar surface area (TPSA) is 157 Å². The summed E-state index contributed by atoms with van der Waals surface area (Å²) in [5.74, 6) is -0.508. The number of aromatic amines is 1. The van der Waals surface area contributed by atoms with E-state index in [1.165, 1.54) is 25.5 Å². The quantitative estimate of drug-likeness (QED) is 0.443. The maximum atomic E-state index is 13.3. The first-order chi connectivity index (χ1) is 15.7. The van der Waals surface area contributed by atoms with Crippen LogP contribution >= 0.6 is 0 Å². The molecule has 2 aromatic rings. The molecule has 2 aromatic heterocycles. The average Bonchev–Trinajstić information content (AvgIpc) is 3.42. The number of H-pyrrole nitrogens is 1. The summed E-state index contributed by atoms with van der Waals surface area (Å²) in [5, 5.41) is 17.1. The standard InChI is InChI=1S/C21H25N5O4.CH2O2/c1-12-17(13(2)24-18(12)14(3)28)20(30)26-8-15-7-25(9-21(15,10-26)11-27)19(29)16-6-22-4-5-23-16;2-1-3/h4-6,15,24,27H,7-11H2,1-3H3;1H,(H,2,3)/t15-,21+;/m1./s1. The van der Waals surface area contributed by atoms with Gasteiger partial charge >= 0.3 is 0 Å². The largest absolute Gasteiger partial charge is 0.483 e. The van der Waals surface area contributed by atoms with Crippen LogP contribution in [0.25, 0.3) is 0 Å². The van der Waals surface area contributed by atoms with E-state index in [2.05, 4.69) is 15.0 Å². The molecule has 176 valence electrons. The lowest BCUT2D eigenvalue weighted by molar-refractivity contribution is -0.122. The summed E-state index contributed by atoms with van der Waals surface area (Å²) in [7, 11) is 0. The van der Waals surface area contributed by atoms with E-state index in [1.807, 2.05) is 0 Å². The van der Waals surface area contributed by atoms with Crippen LogP contribution in [-0.2, 0) is 4.79 Å². The molecule has 0 spiro atoms. The van der Waals surface area contributed by atoms with Crippen LogP contribution in [0.4, 0.5) is 0 Å². The van der Waals surface area contributed by atoms with Gasteiger partial charge in [0.05, 0.1) is 24.1 Å². The monoisotopic (exact) mass is 457 g/mol. The molecule has 11 nitrogen and oxygen atoms in total. The number of amides is 2. The zero-order chi connectivity index (χ0) is 24.3. The van der Waals surface area contributed by atoms with Crippen LogP contribution in [0, 0.1) is 25.2 Å². The molecule has 0 saturated carbocycles. The second kappa shape index (κ2) is 9.49. The number of nitrogens with one attached hydrogen (secondary N) is 1. The lowest BCUT2D eigenvalue weighted by Crippen LogP contribution is -2.40. The molecule has 0 aliphatic carbocycles. The van der Waals surface area contributed by atoms with Crippen LogP contribution in [-0.4, -0.2) is 91.8 Å². The molecule has 0 radical (unpaired) electrons. The van der Waals surface area contributed by atoms with Crippen molar-refractivity contribution in [3.63, 3.8) is 0 Å². The highest BCUT2D eigenvalue weighted by atomic mass is 16.3. The number of nitrogens with zero attached hydrogens (tertiary/aromatic N) is 4. The van der Waals surface area contributed by atoms with Crippen molar-refractivity contribution in [1.82, 2.24) is 24.8 Å². The van der Waals surface area contributed by atoms with E-state index in [0.717, 1.165) is 0 Å². The Morgan fingerprint density at radius 1 is 1.18 bits per heavy atom. The first-order valence-corrected chi connectivity index (χ1v) is 10.4. The van der Waals surface area contributed by atoms with Gasteiger partial charge < -0.3 is 25.0 Å². The Bertz CT molecular complexity index is 1070. The predicted molar refractivity (Wildman–Crippen MR) is 116 cm³/mol. The molecule has 2 fully saturated rings. The van der Waals surface area contributed by atoms with E-state index in [1.54, 1.807) is 23.6 Å². The minimum absolute atomic E-state index is 0.0288. The first kappa shape index (κ1) is 24.1. The Labute approximate surface area is 190 Å². The van der Waals surface area contributed by atoms with E-state index < -0.39 is 5.41 Å². The number of aryl methyl sites for hydroxylation is 1. The maximum absolute atomic E-state index is 13.3. The van der Waals surface area contributed by atoms with Crippen molar-refractivity contribution < 1.29 is 29.4 Å². The van der Waals surface area contributed by atoms with Crippen LogP contribution < -0.4 is 0 Å². The lowest BCUT2D eigenvalue weighted by Gasteiger charge is -2.27. The number of aliphatic hydroxyl groups is 1. The molecule has 0 bridgehead atoms. The number of carboxylic acid groups (broad SMARTS) is 1. The van der Waals surface area contributed by atoms with Crippen molar-refractivity contribution in [2.45, 2.75) is 20.8 Å². The number of ketones is 1. The molecule has 4 heterocycles. The number of hydrogen-bond acceptors (Lipinski definition) is 7. The minimum Gasteiger partial charge on any atom is -0.483 e. The molecular formula is C22H27N5O6. The summed E-state index contributed by atoms with van der Waals surface area (Å²) < 4.78 is 0. The fourth-order valence-corrected chi connectivity index (χ4v) is 4.87. The van der Waals surface area contributed by atoms with E-state index in [-0.39, 0.29) is 42.3 Å². The molecule has 3 N–H and O–H groups in total. The number of likely N-dealkylation sites (tertiary alicyclic amines) is 2. The van der Waals surface area contributed by atoms with Crippen LogP contribution in [0.15, 0.2) is 18.6 Å². The summed E-state index contributed by atoms with van der Waals surface area (Å²) in [6.07, 6.45) is 4.42. The molecule has 4 rings (SSSR count). The third kappa shape index (κ3) is 4.36. The van der Waals surface area contributed by atoms with Crippen LogP contribution in [0.3, 0.4) is 0 Å². The predicted octanol–water partition coefficient (Wildman–Crippen LogP) is 0.532. The summed E-state index contributed by atoms with van der Waals surface area (Å²) >= 11 is 0. The van der Waals surface area contributed by atoms with Gasteiger partial charge in [-0.1, -0.05) is 0 Å². The Kier molecular flexibility index (Phi) is 6.92. The number of hydrogen-bond donors (Lipinski definition) is 3. The zero-order valence-corrected chi connectivity index (χ0v) is 18.7. The van der Waals surface area contributed by atoms with Gasteiger partial charge in [0.1, 0.15) is 5.69 Å². The molecule has 2 saturated heterocycles. The summed E-state index contributed by atoms with van der Waals surface area (Å²) in [4.78, 5) is 60.7. The number of aromatic nitrogens is 3. The number of fused-ring (bicyclic) bond motifs is 1. The van der Waals surface area contributed by atoms with Crippen LogP contribution in [0.1, 0.15) is 49.5 Å². The highest BCUT2D eigenvalue weighted by Crippen LogP contribution is 2.43. The van der Waals surface area contributed by atoms with E-state index in [4.69, 9.17) is 9.90 Å². The fourth-order valence-electron chi connectivity index (χ4n) is 4.87. The minimum atomic E-state index is -0.560. The Hall–Kier alpha value is -3.60. The smallest absolute Gasteiger partial charge is 0.290 e. The molecule has 2 atom stereocenters. The maximum Gasteiger partial charge on any atom is 0.290 e. The molecule has 11 heteroatoms. The van der Waals surface area contributed by atoms with E-state index in [0.29, 0.717) is 48.7 Å². The molecule has 2 aliphatic heterocycles. The van der Waals surface area contributed by atoms with E-state index >= 15 is 0 Å². The van der Waals surface area contributed by atoms with Gasteiger partial charge in [-0.25, -0.2) is 4.98 Å². The number of Topliss-reactive ketones (excluding diaryl/α,β-unsaturated/α-hetero) is 1. The first-order valence-electron chi connectivity index (χ1n) is 10.4. The highest BCUT2D eigenvalue weighted by molar-refractivity contribution is 6.02. The van der Waals surface area contributed by atoms with Gasteiger partial charge in [-0.15, -0.1) is 0 Å². The third-order valence-electron chi connectivity index (χ3n) is 6.43. The lowest BCUT2D eigenvalue weighted by atomic mass is 9.82. The normalized spacial score (nSPS) is 21.3. The SMILES string of the molecule is CC(=O)c1[nH]c(C)c(C(=O)N2C[C@H]3CN(C(=O)c4cnccn4)C[C@@]3(CO)C2)c1C.O=CO. The second-order valence-electron chi connectivity index (χ2n) is 8.47. The number of aliphatic hydroxyl groups excluding tert-OH is 1. The van der Waals surface area contributed by atoms with Gasteiger partial charge in [0.15, 0.2) is 5.78 Å². The van der Waals surface area contributed by atoms with Gasteiger partial charge in [0, 0.05) is 62.5 Å². The third-order valence-corrected chi connectivity index (χ3v) is 6.43. The molecule has 0 aromatic carbocycles. The van der Waals surface area contributed by atoms with Gasteiger partial charge in [-0.2, -0.15) is 0 Å². The number of carbonyl (C=O) groups excluding carboxylic acids is 3. The Morgan fingerprint density at radius 3 is 2.24 bits per heavy atom. The fraction of sp³-hybridized carbons (Fsp3) is 0.455. The van der Waals surface area contributed by atoms with Gasteiger partial charge in [0.25, 0.3) is 18.3 Å². The van der Waals surface area contributed by atoms with Crippen molar-refractivity contribution in [3.05, 3.63) is 46.8 Å². The molecule has 2 amide bonds. The zero-order valence-electron chi connectivity index (χ0n) is 18.7. The Balaban J connectivity index is 0.000000968. The molecule has 33 heavy (non-hydrogen) atoms. The molecule has 0 unspecified atom stereocenters. The summed E-state index contributed by atoms with van der Waals surface area (Å²) in [6.45, 7) is 6.27. The molecular weight excluding hydrogens is 430 g/mol. The second-order valence-corrected chi connectivity index (χ2v) is 8.47. The van der Waals surface area contributed by atoms with Gasteiger partial charge in [0.2, 0.25) is 0 Å². The summed E-state index contributed by atoms with van der Waals surface area (Å²) in [6, 6.07) is 0. The Morgan fingerprint density at radius 2 is 1.79 bits per heavy atom. The molecule has 2 aliphatic rings. The average molecular weight is 457 g/mol. The van der Waals surface area contributed by atoms with Gasteiger partial charge in [-0.05, 0) is 19.4 Å².